The molecule has 0 radical (unpaired) electrons. The topological polar surface area (TPSA) is 74.6 Å². The SMILES string of the molecule is CS(=O)(=O)c1c(Cl)cccc1B(O)O. The van der Waals surface area contributed by atoms with Crippen LogP contribution >= 0.6 is 11.6 Å². The van der Waals surface area contributed by atoms with Crippen LogP contribution in [0.2, 0.25) is 5.02 Å². The second-order valence-corrected chi connectivity index (χ2v) is 5.16. The van der Waals surface area contributed by atoms with E-state index in [0.29, 0.717) is 0 Å². The van der Waals surface area contributed by atoms with Crippen LogP contribution in [-0.4, -0.2) is 31.8 Å². The summed E-state index contributed by atoms with van der Waals surface area (Å²) in [7, 11) is -5.41. The summed E-state index contributed by atoms with van der Waals surface area (Å²) in [5.41, 5.74) is -0.111. The molecule has 2 N–H and O–H groups in total. The van der Waals surface area contributed by atoms with E-state index >= 15 is 0 Å². The van der Waals surface area contributed by atoms with Crippen molar-refractivity contribution in [3.63, 3.8) is 0 Å². The maximum atomic E-state index is 11.3. The molecule has 0 saturated heterocycles. The van der Waals surface area contributed by atoms with Gasteiger partial charge >= 0.3 is 7.12 Å². The van der Waals surface area contributed by atoms with Gasteiger partial charge in [-0.15, -0.1) is 0 Å². The Hall–Kier alpha value is -0.555. The quantitative estimate of drug-likeness (QED) is 0.672. The van der Waals surface area contributed by atoms with Crippen LogP contribution in [0, 0.1) is 0 Å². The molecule has 4 nitrogen and oxygen atoms in total. The predicted octanol–water partition coefficient (Wildman–Crippen LogP) is -0.577. The second-order valence-electron chi connectivity index (χ2n) is 2.80. The first-order valence-electron chi connectivity index (χ1n) is 3.68. The van der Waals surface area contributed by atoms with Crippen molar-refractivity contribution in [2.75, 3.05) is 6.26 Å². The van der Waals surface area contributed by atoms with Crippen LogP contribution in [0.5, 0.6) is 0 Å². The minimum atomic E-state index is -3.56. The number of sulfone groups is 1. The van der Waals surface area contributed by atoms with Crippen molar-refractivity contribution < 1.29 is 18.5 Å². The molecule has 0 unspecified atom stereocenters. The molecule has 0 fully saturated rings. The molecule has 14 heavy (non-hydrogen) atoms. The van der Waals surface area contributed by atoms with Crippen LogP contribution in [-0.2, 0) is 9.84 Å². The fourth-order valence-electron chi connectivity index (χ4n) is 1.12. The number of halogens is 1. The number of hydrogen-bond acceptors (Lipinski definition) is 4. The van der Waals surface area contributed by atoms with E-state index in [1.807, 2.05) is 0 Å². The van der Waals surface area contributed by atoms with Gasteiger partial charge in [0.05, 0.1) is 9.92 Å². The average Bonchev–Trinajstić information content (AvgIpc) is 2.01. The number of benzene rings is 1. The Labute approximate surface area is 87.2 Å². The van der Waals surface area contributed by atoms with E-state index in [4.69, 9.17) is 21.6 Å². The van der Waals surface area contributed by atoms with Crippen LogP contribution < -0.4 is 5.46 Å². The van der Waals surface area contributed by atoms with Gasteiger partial charge in [-0.25, -0.2) is 8.42 Å². The minimum Gasteiger partial charge on any atom is -0.423 e. The van der Waals surface area contributed by atoms with Gasteiger partial charge in [0.25, 0.3) is 0 Å². The summed E-state index contributed by atoms with van der Waals surface area (Å²) in [5.74, 6) is 0. The van der Waals surface area contributed by atoms with Crippen LogP contribution in [0.15, 0.2) is 23.1 Å². The monoisotopic (exact) mass is 234 g/mol. The highest BCUT2D eigenvalue weighted by molar-refractivity contribution is 7.91. The molecule has 0 heterocycles. The molecule has 0 aliphatic rings. The second kappa shape index (κ2) is 3.90. The molecule has 0 saturated carbocycles. The lowest BCUT2D eigenvalue weighted by Crippen LogP contribution is -2.34. The summed E-state index contributed by atoms with van der Waals surface area (Å²) in [4.78, 5) is -0.239. The van der Waals surface area contributed by atoms with E-state index in [2.05, 4.69) is 0 Å². The molecule has 7 heteroatoms. The molecule has 0 aliphatic carbocycles. The first-order valence-corrected chi connectivity index (χ1v) is 5.95. The van der Waals surface area contributed by atoms with E-state index in [9.17, 15) is 8.42 Å². The molecular weight excluding hydrogens is 226 g/mol. The van der Waals surface area contributed by atoms with Gasteiger partial charge in [0, 0.05) is 11.7 Å². The van der Waals surface area contributed by atoms with Crippen molar-refractivity contribution >= 4 is 34.0 Å². The molecule has 76 valence electrons. The zero-order valence-corrected chi connectivity index (χ0v) is 8.88. The van der Waals surface area contributed by atoms with Crippen molar-refractivity contribution in [1.29, 1.82) is 0 Å². The molecule has 1 aromatic rings. The first-order chi connectivity index (χ1) is 6.34. The average molecular weight is 234 g/mol. The maximum absolute atomic E-state index is 11.3. The summed E-state index contributed by atoms with van der Waals surface area (Å²) in [6, 6.07) is 4.13. The Morgan fingerprint density at radius 1 is 1.36 bits per heavy atom. The molecule has 1 rings (SSSR count). The Bertz CT molecular complexity index is 443. The molecule has 0 bridgehead atoms. The smallest absolute Gasteiger partial charge is 0.423 e. The molecule has 0 aliphatic heterocycles. The van der Waals surface area contributed by atoms with E-state index < -0.39 is 17.0 Å². The van der Waals surface area contributed by atoms with Crippen molar-refractivity contribution in [2.45, 2.75) is 4.90 Å². The largest absolute Gasteiger partial charge is 0.489 e. The third kappa shape index (κ3) is 2.27. The van der Waals surface area contributed by atoms with Gasteiger partial charge in [-0.1, -0.05) is 23.7 Å². The third-order valence-electron chi connectivity index (χ3n) is 1.65. The maximum Gasteiger partial charge on any atom is 0.489 e. The Balaban J connectivity index is 3.54. The highest BCUT2D eigenvalue weighted by atomic mass is 35.5. The lowest BCUT2D eigenvalue weighted by atomic mass is 9.80. The van der Waals surface area contributed by atoms with Crippen molar-refractivity contribution in [1.82, 2.24) is 0 Å². The van der Waals surface area contributed by atoms with E-state index in [1.165, 1.54) is 18.2 Å². The van der Waals surface area contributed by atoms with Crippen molar-refractivity contribution in [3.8, 4) is 0 Å². The summed E-state index contributed by atoms with van der Waals surface area (Å²) in [6.45, 7) is 0. The van der Waals surface area contributed by atoms with Gasteiger partial charge in [0.15, 0.2) is 9.84 Å². The van der Waals surface area contributed by atoms with E-state index in [-0.39, 0.29) is 15.4 Å². The van der Waals surface area contributed by atoms with Gasteiger partial charge in [-0.05, 0) is 6.07 Å². The van der Waals surface area contributed by atoms with Gasteiger partial charge in [0.2, 0.25) is 0 Å². The summed E-state index contributed by atoms with van der Waals surface area (Å²) in [5, 5.41) is 17.8. The van der Waals surface area contributed by atoms with E-state index in [0.717, 1.165) is 6.26 Å². The van der Waals surface area contributed by atoms with Crippen LogP contribution in [0.4, 0.5) is 0 Å². The van der Waals surface area contributed by atoms with Gasteiger partial charge in [-0.3, -0.25) is 0 Å². The highest BCUT2D eigenvalue weighted by Gasteiger charge is 2.24. The highest BCUT2D eigenvalue weighted by Crippen LogP contribution is 2.18. The van der Waals surface area contributed by atoms with Gasteiger partial charge in [0.1, 0.15) is 0 Å². The molecule has 1 aromatic carbocycles. The standard InChI is InChI=1S/C7H8BClO4S/c1-14(12,13)7-5(8(10)11)3-2-4-6(7)9/h2-4,10-11H,1H3. The fourth-order valence-corrected chi connectivity index (χ4v) is 2.75. The normalized spacial score (nSPS) is 11.4. The fraction of sp³-hybridized carbons (Fsp3) is 0.143. The lowest BCUT2D eigenvalue weighted by Gasteiger charge is -2.08. The summed E-state index contributed by atoms with van der Waals surface area (Å²) in [6.07, 6.45) is 0.958. The van der Waals surface area contributed by atoms with Crippen LogP contribution in [0.1, 0.15) is 0 Å². The summed E-state index contributed by atoms with van der Waals surface area (Å²) < 4.78 is 22.5. The van der Waals surface area contributed by atoms with Gasteiger partial charge < -0.3 is 10.0 Å². The molecule has 0 atom stereocenters. The van der Waals surface area contributed by atoms with Crippen molar-refractivity contribution in [2.24, 2.45) is 0 Å². The summed E-state index contributed by atoms with van der Waals surface area (Å²) >= 11 is 5.66. The van der Waals surface area contributed by atoms with Gasteiger partial charge in [-0.2, -0.15) is 0 Å². The molecular formula is C7H8BClO4S. The molecule has 0 aromatic heterocycles. The number of hydrogen-bond donors (Lipinski definition) is 2. The van der Waals surface area contributed by atoms with Crippen LogP contribution in [0.3, 0.4) is 0 Å². The first kappa shape index (κ1) is 11.5. The Morgan fingerprint density at radius 3 is 2.29 bits per heavy atom. The lowest BCUT2D eigenvalue weighted by molar-refractivity contribution is 0.424. The zero-order chi connectivity index (χ0) is 10.9. The zero-order valence-electron chi connectivity index (χ0n) is 7.31. The molecule has 0 amide bonds. The van der Waals surface area contributed by atoms with Crippen molar-refractivity contribution in [3.05, 3.63) is 23.2 Å². The minimum absolute atomic E-state index is 0.0156. The number of rotatable bonds is 2. The Morgan fingerprint density at radius 2 is 1.93 bits per heavy atom. The Kier molecular flexibility index (Phi) is 3.21. The predicted molar refractivity (Wildman–Crippen MR) is 54.4 cm³/mol. The van der Waals surface area contributed by atoms with Crippen LogP contribution in [0.25, 0.3) is 0 Å². The third-order valence-corrected chi connectivity index (χ3v) is 3.27. The van der Waals surface area contributed by atoms with E-state index in [1.54, 1.807) is 0 Å². The molecule has 0 spiro atoms.